The number of nitro groups is 1. The molecule has 0 atom stereocenters. The Balaban J connectivity index is 1.74. The largest absolute Gasteiger partial charge is 0.456 e. The predicted octanol–water partition coefficient (Wildman–Crippen LogP) is 5.92. The summed E-state index contributed by atoms with van der Waals surface area (Å²) in [6.45, 7) is 0. The molecule has 0 bridgehead atoms. The lowest BCUT2D eigenvalue weighted by Gasteiger charge is -2.04. The van der Waals surface area contributed by atoms with Crippen LogP contribution in [0.25, 0.3) is 17.4 Å². The van der Waals surface area contributed by atoms with Crippen molar-refractivity contribution in [1.82, 2.24) is 0 Å². The molecule has 1 N–H and O–H groups in total. The molecule has 0 radical (unpaired) electrons. The molecule has 0 fully saturated rings. The third-order valence-corrected chi connectivity index (χ3v) is 4.39. The Kier molecular flexibility index (Phi) is 5.73. The van der Waals surface area contributed by atoms with Crippen LogP contribution in [0.1, 0.15) is 5.76 Å². The van der Waals surface area contributed by atoms with Crippen molar-refractivity contribution >= 4 is 50.9 Å². The monoisotopic (exact) mass is 446 g/mol. The Morgan fingerprint density at radius 2 is 1.96 bits per heavy atom. The van der Waals surface area contributed by atoms with Crippen molar-refractivity contribution in [3.8, 4) is 11.3 Å². The number of benzene rings is 2. The molecule has 3 aromatic rings. The highest BCUT2D eigenvalue weighted by molar-refractivity contribution is 9.10. The van der Waals surface area contributed by atoms with Crippen LogP contribution in [-0.2, 0) is 4.79 Å². The molecule has 0 spiro atoms. The van der Waals surface area contributed by atoms with Crippen molar-refractivity contribution < 1.29 is 14.1 Å². The summed E-state index contributed by atoms with van der Waals surface area (Å²) < 4.78 is 6.40. The molecule has 3 rings (SSSR count). The van der Waals surface area contributed by atoms with Crippen LogP contribution in [0.3, 0.4) is 0 Å². The topological polar surface area (TPSA) is 85.4 Å². The van der Waals surface area contributed by atoms with E-state index in [1.54, 1.807) is 48.5 Å². The van der Waals surface area contributed by atoms with E-state index in [-0.39, 0.29) is 11.6 Å². The highest BCUT2D eigenvalue weighted by Crippen LogP contribution is 2.31. The smallest absolute Gasteiger partial charge is 0.280 e. The second-order valence-electron chi connectivity index (χ2n) is 5.42. The summed E-state index contributed by atoms with van der Waals surface area (Å²) in [6, 6.07) is 14.6. The van der Waals surface area contributed by atoms with E-state index < -0.39 is 4.92 Å². The molecule has 1 amide bonds. The average molecular weight is 448 g/mol. The van der Waals surface area contributed by atoms with Gasteiger partial charge in [-0.2, -0.15) is 0 Å². The summed E-state index contributed by atoms with van der Waals surface area (Å²) in [5.41, 5.74) is 0.799. The second-order valence-corrected chi connectivity index (χ2v) is 6.75. The Morgan fingerprint density at radius 1 is 1.19 bits per heavy atom. The number of rotatable bonds is 5. The number of carbonyl (C=O) groups is 1. The summed E-state index contributed by atoms with van der Waals surface area (Å²) in [4.78, 5) is 22.7. The van der Waals surface area contributed by atoms with Crippen molar-refractivity contribution in [1.29, 1.82) is 0 Å². The van der Waals surface area contributed by atoms with E-state index >= 15 is 0 Å². The first-order valence-electron chi connectivity index (χ1n) is 7.72. The highest BCUT2D eigenvalue weighted by Gasteiger charge is 2.16. The van der Waals surface area contributed by atoms with Gasteiger partial charge >= 0.3 is 0 Å². The highest BCUT2D eigenvalue weighted by atomic mass is 79.9. The van der Waals surface area contributed by atoms with Gasteiger partial charge in [0.15, 0.2) is 0 Å². The number of halogens is 2. The molecule has 8 heteroatoms. The van der Waals surface area contributed by atoms with E-state index in [1.165, 1.54) is 18.2 Å². The van der Waals surface area contributed by atoms with E-state index in [9.17, 15) is 14.9 Å². The normalized spacial score (nSPS) is 10.9. The maximum absolute atomic E-state index is 12.0. The van der Waals surface area contributed by atoms with Gasteiger partial charge in [0.2, 0.25) is 5.91 Å². The van der Waals surface area contributed by atoms with Gasteiger partial charge in [0.05, 0.1) is 21.2 Å². The number of hydrogen-bond donors (Lipinski definition) is 1. The van der Waals surface area contributed by atoms with Gasteiger partial charge in [-0.05, 0) is 42.5 Å². The van der Waals surface area contributed by atoms with Gasteiger partial charge in [0.25, 0.3) is 5.69 Å². The van der Waals surface area contributed by atoms with Crippen LogP contribution in [0.15, 0.2) is 69.6 Å². The molecule has 0 aliphatic carbocycles. The number of anilines is 1. The maximum atomic E-state index is 12.0. The van der Waals surface area contributed by atoms with Crippen molar-refractivity contribution in [3.63, 3.8) is 0 Å². The fourth-order valence-corrected chi connectivity index (χ4v) is 3.07. The molecular weight excluding hydrogens is 436 g/mol. The quantitative estimate of drug-likeness (QED) is 0.299. The summed E-state index contributed by atoms with van der Waals surface area (Å²) >= 11 is 9.35. The van der Waals surface area contributed by atoms with E-state index in [1.807, 2.05) is 0 Å². The maximum Gasteiger partial charge on any atom is 0.280 e. The predicted molar refractivity (Wildman–Crippen MR) is 108 cm³/mol. The number of nitro benzene ring substituents is 1. The lowest BCUT2D eigenvalue weighted by molar-refractivity contribution is -0.384. The van der Waals surface area contributed by atoms with Gasteiger partial charge in [-0.1, -0.05) is 39.7 Å². The fourth-order valence-electron chi connectivity index (χ4n) is 2.35. The molecule has 0 aliphatic rings. The number of amides is 1. The van der Waals surface area contributed by atoms with Crippen molar-refractivity contribution in [3.05, 3.63) is 86.0 Å². The van der Waals surface area contributed by atoms with Crippen LogP contribution in [0.4, 0.5) is 11.4 Å². The molecule has 2 aromatic carbocycles. The van der Waals surface area contributed by atoms with Gasteiger partial charge in [0, 0.05) is 16.6 Å². The molecule has 1 aromatic heterocycles. The minimum Gasteiger partial charge on any atom is -0.456 e. The Labute approximate surface area is 167 Å². The summed E-state index contributed by atoms with van der Waals surface area (Å²) in [7, 11) is 0. The standard InChI is InChI=1S/C19H12BrClN2O4/c20-12-5-8-16(15(21)11-12)22-19(24)10-7-13-6-9-18(27-13)14-3-1-2-4-17(14)23(25)26/h1-11H,(H,22,24)/b10-7+. The van der Waals surface area contributed by atoms with Crippen LogP contribution in [-0.4, -0.2) is 10.8 Å². The molecule has 0 unspecified atom stereocenters. The molecule has 0 aliphatic heterocycles. The van der Waals surface area contributed by atoms with Gasteiger partial charge in [-0.25, -0.2) is 0 Å². The number of para-hydroxylation sites is 1. The molecule has 0 saturated heterocycles. The van der Waals surface area contributed by atoms with Crippen LogP contribution in [0.2, 0.25) is 5.02 Å². The van der Waals surface area contributed by atoms with E-state index in [4.69, 9.17) is 16.0 Å². The molecule has 136 valence electrons. The molecular formula is C19H12BrClN2O4. The van der Waals surface area contributed by atoms with Crippen LogP contribution >= 0.6 is 27.5 Å². The van der Waals surface area contributed by atoms with Gasteiger partial charge in [-0.3, -0.25) is 14.9 Å². The van der Waals surface area contributed by atoms with Crippen molar-refractivity contribution in [2.45, 2.75) is 0 Å². The first-order valence-corrected chi connectivity index (χ1v) is 8.89. The Morgan fingerprint density at radius 3 is 2.70 bits per heavy atom. The Bertz CT molecular complexity index is 1050. The molecule has 0 saturated carbocycles. The third-order valence-electron chi connectivity index (χ3n) is 3.58. The number of furan rings is 1. The molecule has 6 nitrogen and oxygen atoms in total. The zero-order chi connectivity index (χ0) is 19.4. The Hall–Kier alpha value is -2.90. The fraction of sp³-hybridized carbons (Fsp3) is 0. The van der Waals surface area contributed by atoms with E-state index in [0.717, 1.165) is 4.47 Å². The first-order chi connectivity index (χ1) is 12.9. The minimum absolute atomic E-state index is 0.0509. The first kappa shape index (κ1) is 18.9. The van der Waals surface area contributed by atoms with Crippen LogP contribution in [0.5, 0.6) is 0 Å². The van der Waals surface area contributed by atoms with Crippen LogP contribution < -0.4 is 5.32 Å². The summed E-state index contributed by atoms with van der Waals surface area (Å²) in [5.74, 6) is 0.349. The zero-order valence-electron chi connectivity index (χ0n) is 13.7. The van der Waals surface area contributed by atoms with Gasteiger partial charge in [-0.15, -0.1) is 0 Å². The average Bonchev–Trinajstić information content (AvgIpc) is 3.11. The van der Waals surface area contributed by atoms with Crippen molar-refractivity contribution in [2.75, 3.05) is 5.32 Å². The third kappa shape index (κ3) is 4.64. The lowest BCUT2D eigenvalue weighted by Crippen LogP contribution is -2.07. The van der Waals surface area contributed by atoms with Crippen LogP contribution in [0, 0.1) is 10.1 Å². The van der Waals surface area contributed by atoms with E-state index in [0.29, 0.717) is 27.8 Å². The SMILES string of the molecule is O=C(/C=C/c1ccc(-c2ccccc2[N+](=O)[O-])o1)Nc1ccc(Br)cc1Cl. The number of nitrogens with zero attached hydrogens (tertiary/aromatic N) is 1. The molecule has 27 heavy (non-hydrogen) atoms. The summed E-state index contributed by atoms with van der Waals surface area (Å²) in [5, 5.41) is 14.2. The van der Waals surface area contributed by atoms with E-state index in [2.05, 4.69) is 21.2 Å². The van der Waals surface area contributed by atoms with Gasteiger partial charge < -0.3 is 9.73 Å². The van der Waals surface area contributed by atoms with Gasteiger partial charge in [0.1, 0.15) is 11.5 Å². The zero-order valence-corrected chi connectivity index (χ0v) is 16.0. The lowest BCUT2D eigenvalue weighted by atomic mass is 10.1. The second kappa shape index (κ2) is 8.20. The molecule has 1 heterocycles. The number of carbonyl (C=O) groups excluding carboxylic acids is 1. The van der Waals surface area contributed by atoms with Crippen molar-refractivity contribution in [2.24, 2.45) is 0 Å². The number of hydrogen-bond acceptors (Lipinski definition) is 4. The minimum atomic E-state index is -0.469. The number of nitrogens with one attached hydrogen (secondary N) is 1. The summed E-state index contributed by atoms with van der Waals surface area (Å²) in [6.07, 6.45) is 2.76.